The second kappa shape index (κ2) is 6.32. The van der Waals surface area contributed by atoms with Crippen molar-refractivity contribution in [1.82, 2.24) is 15.0 Å². The molecule has 1 saturated carbocycles. The van der Waals surface area contributed by atoms with Crippen LogP contribution in [-0.2, 0) is 18.6 Å². The summed E-state index contributed by atoms with van der Waals surface area (Å²) >= 11 is 3.50. The summed E-state index contributed by atoms with van der Waals surface area (Å²) in [5.41, 5.74) is 4.46. The lowest BCUT2D eigenvalue weighted by atomic mass is 10.2. The smallest absolute Gasteiger partial charge is 0.254 e. The Balaban J connectivity index is 1.55. The highest BCUT2D eigenvalue weighted by atomic mass is 32.2. The van der Waals surface area contributed by atoms with Crippen molar-refractivity contribution in [3.05, 3.63) is 45.0 Å². The van der Waals surface area contributed by atoms with Crippen molar-refractivity contribution in [2.75, 3.05) is 0 Å². The first-order chi connectivity index (χ1) is 11.2. The second-order valence-corrected chi connectivity index (χ2v) is 8.42. The summed E-state index contributed by atoms with van der Waals surface area (Å²) in [5, 5.41) is 2.62. The zero-order chi connectivity index (χ0) is 15.8. The number of thioether (sulfide) groups is 2. The van der Waals surface area contributed by atoms with Gasteiger partial charge in [0.05, 0.1) is 5.69 Å². The largest absolute Gasteiger partial charge is 0.301 e. The summed E-state index contributed by atoms with van der Waals surface area (Å²) in [7, 11) is 0. The Morgan fingerprint density at radius 2 is 2.22 bits per heavy atom. The number of fused-ring (bicyclic) bond motifs is 1. The van der Waals surface area contributed by atoms with Crippen molar-refractivity contribution in [2.45, 2.75) is 60.2 Å². The molecule has 1 fully saturated rings. The molecule has 2 aromatic rings. The first-order valence-electron chi connectivity index (χ1n) is 8.06. The van der Waals surface area contributed by atoms with Crippen molar-refractivity contribution in [1.29, 1.82) is 0 Å². The number of rotatable bonds is 5. The fourth-order valence-corrected chi connectivity index (χ4v) is 5.07. The zero-order valence-electron chi connectivity index (χ0n) is 13.1. The van der Waals surface area contributed by atoms with E-state index in [-0.39, 0.29) is 5.56 Å². The number of aromatic amines is 1. The van der Waals surface area contributed by atoms with Crippen molar-refractivity contribution in [3.63, 3.8) is 0 Å². The fraction of sp³-hybridized carbons (Fsp3) is 0.471. The third-order valence-corrected chi connectivity index (χ3v) is 6.61. The van der Waals surface area contributed by atoms with E-state index >= 15 is 0 Å². The SMILES string of the molecule is Cc1ccnc(SC2CC2)c1CSc1nc2c(c(=O)[nH]1)CCC2. The lowest BCUT2D eigenvalue weighted by molar-refractivity contribution is 0.869. The van der Waals surface area contributed by atoms with E-state index in [9.17, 15) is 4.79 Å². The van der Waals surface area contributed by atoms with Crippen LogP contribution in [-0.4, -0.2) is 20.2 Å². The van der Waals surface area contributed by atoms with Gasteiger partial charge in [-0.3, -0.25) is 4.79 Å². The van der Waals surface area contributed by atoms with Crippen LogP contribution in [0.3, 0.4) is 0 Å². The monoisotopic (exact) mass is 345 g/mol. The van der Waals surface area contributed by atoms with E-state index in [4.69, 9.17) is 0 Å². The standard InChI is InChI=1S/C17H19N3OS2/c1-10-7-8-18-16(23-11-5-6-11)13(10)9-22-17-19-14-4-2-3-12(14)15(21)20-17/h7-8,11H,2-6,9H2,1H3,(H,19,20,21). The van der Waals surface area contributed by atoms with Crippen LogP contribution in [0.2, 0.25) is 0 Å². The van der Waals surface area contributed by atoms with E-state index in [1.54, 1.807) is 11.8 Å². The van der Waals surface area contributed by atoms with Crippen LogP contribution in [0.5, 0.6) is 0 Å². The third-order valence-electron chi connectivity index (χ3n) is 4.33. The molecule has 0 aliphatic heterocycles. The van der Waals surface area contributed by atoms with Crippen LogP contribution in [0.4, 0.5) is 0 Å². The summed E-state index contributed by atoms with van der Waals surface area (Å²) in [6.07, 6.45) is 7.33. The highest BCUT2D eigenvalue weighted by Crippen LogP contribution is 2.41. The van der Waals surface area contributed by atoms with Crippen LogP contribution in [0.25, 0.3) is 0 Å². The molecule has 2 aliphatic rings. The third kappa shape index (κ3) is 3.33. The quantitative estimate of drug-likeness (QED) is 0.664. The van der Waals surface area contributed by atoms with Crippen molar-refractivity contribution >= 4 is 23.5 Å². The number of aromatic nitrogens is 3. The Labute approximate surface area is 143 Å². The number of hydrogen-bond acceptors (Lipinski definition) is 5. The van der Waals surface area contributed by atoms with E-state index in [1.807, 2.05) is 18.0 Å². The Bertz CT molecular complexity index is 799. The maximum atomic E-state index is 12.1. The van der Waals surface area contributed by atoms with Crippen molar-refractivity contribution in [2.24, 2.45) is 0 Å². The van der Waals surface area contributed by atoms with Gasteiger partial charge in [-0.2, -0.15) is 0 Å². The Morgan fingerprint density at radius 3 is 3.04 bits per heavy atom. The molecule has 2 aromatic heterocycles. The summed E-state index contributed by atoms with van der Waals surface area (Å²) in [5.74, 6) is 0.802. The number of hydrogen-bond donors (Lipinski definition) is 1. The topological polar surface area (TPSA) is 58.6 Å². The van der Waals surface area contributed by atoms with Gasteiger partial charge in [0.15, 0.2) is 5.16 Å². The molecule has 0 amide bonds. The Kier molecular flexibility index (Phi) is 4.20. The molecular formula is C17H19N3OS2. The molecule has 0 atom stereocenters. The summed E-state index contributed by atoms with van der Waals surface area (Å²) in [4.78, 5) is 24.3. The molecule has 0 spiro atoms. The Hall–Kier alpha value is -1.27. The van der Waals surface area contributed by atoms with Crippen molar-refractivity contribution in [3.8, 4) is 0 Å². The first-order valence-corrected chi connectivity index (χ1v) is 9.93. The van der Waals surface area contributed by atoms with Gasteiger partial charge >= 0.3 is 0 Å². The summed E-state index contributed by atoms with van der Waals surface area (Å²) in [6.45, 7) is 2.13. The highest BCUT2D eigenvalue weighted by Gasteiger charge is 2.25. The van der Waals surface area contributed by atoms with Gasteiger partial charge in [-0.25, -0.2) is 9.97 Å². The molecule has 23 heavy (non-hydrogen) atoms. The molecule has 0 bridgehead atoms. The van der Waals surface area contributed by atoms with E-state index in [2.05, 4.69) is 27.9 Å². The minimum absolute atomic E-state index is 0.0467. The molecule has 0 radical (unpaired) electrons. The van der Waals surface area contributed by atoms with Gasteiger partial charge in [0.1, 0.15) is 5.03 Å². The van der Waals surface area contributed by atoms with E-state index in [0.29, 0.717) is 0 Å². The molecular weight excluding hydrogens is 326 g/mol. The average molecular weight is 345 g/mol. The van der Waals surface area contributed by atoms with Gasteiger partial charge in [-0.05, 0) is 56.2 Å². The maximum absolute atomic E-state index is 12.1. The molecule has 0 saturated heterocycles. The molecule has 0 unspecified atom stereocenters. The number of nitrogens with one attached hydrogen (secondary N) is 1. The highest BCUT2D eigenvalue weighted by molar-refractivity contribution is 8.00. The van der Waals surface area contributed by atoms with Gasteiger partial charge in [-0.15, -0.1) is 11.8 Å². The Morgan fingerprint density at radius 1 is 1.35 bits per heavy atom. The number of aryl methyl sites for hydroxylation is 2. The van der Waals surface area contributed by atoms with Gasteiger partial charge in [0.25, 0.3) is 5.56 Å². The van der Waals surface area contributed by atoms with Crippen LogP contribution < -0.4 is 5.56 Å². The zero-order valence-corrected chi connectivity index (χ0v) is 14.7. The molecule has 4 rings (SSSR count). The van der Waals surface area contributed by atoms with Crippen LogP contribution >= 0.6 is 23.5 Å². The lowest BCUT2D eigenvalue weighted by Gasteiger charge is -2.10. The average Bonchev–Trinajstić information content (AvgIpc) is 3.21. The molecule has 2 aliphatic carbocycles. The van der Waals surface area contributed by atoms with Crippen LogP contribution in [0.15, 0.2) is 27.2 Å². The molecule has 0 aromatic carbocycles. The minimum atomic E-state index is 0.0467. The normalized spacial score (nSPS) is 16.6. The van der Waals surface area contributed by atoms with Gasteiger partial charge in [0, 0.05) is 22.8 Å². The van der Waals surface area contributed by atoms with Crippen molar-refractivity contribution < 1.29 is 0 Å². The van der Waals surface area contributed by atoms with Gasteiger partial charge in [0.2, 0.25) is 0 Å². The summed E-state index contributed by atoms with van der Waals surface area (Å²) < 4.78 is 0. The van der Waals surface area contributed by atoms with Gasteiger partial charge < -0.3 is 4.98 Å². The molecule has 6 heteroatoms. The van der Waals surface area contributed by atoms with E-state index < -0.39 is 0 Å². The maximum Gasteiger partial charge on any atom is 0.254 e. The lowest BCUT2D eigenvalue weighted by Crippen LogP contribution is -2.15. The van der Waals surface area contributed by atoms with Crippen LogP contribution in [0, 0.1) is 6.92 Å². The van der Waals surface area contributed by atoms with Gasteiger partial charge in [-0.1, -0.05) is 11.8 Å². The van der Waals surface area contributed by atoms with E-state index in [1.165, 1.54) is 24.0 Å². The molecule has 1 N–H and O–H groups in total. The fourth-order valence-electron chi connectivity index (χ4n) is 2.81. The second-order valence-electron chi connectivity index (χ2n) is 6.17. The predicted molar refractivity (Wildman–Crippen MR) is 94.3 cm³/mol. The number of nitrogens with zero attached hydrogens (tertiary/aromatic N) is 2. The molecule has 120 valence electrons. The molecule has 4 nitrogen and oxygen atoms in total. The molecule has 2 heterocycles. The first kappa shape index (κ1) is 15.3. The minimum Gasteiger partial charge on any atom is -0.301 e. The predicted octanol–water partition coefficient (Wildman–Crippen LogP) is 3.51. The summed E-state index contributed by atoms with van der Waals surface area (Å²) in [6, 6.07) is 2.06. The van der Waals surface area contributed by atoms with E-state index in [0.717, 1.165) is 51.7 Å². The number of pyridine rings is 1. The number of H-pyrrole nitrogens is 1. The van der Waals surface area contributed by atoms with Crippen LogP contribution in [0.1, 0.15) is 41.6 Å².